The van der Waals surface area contributed by atoms with Crippen molar-refractivity contribution in [2.45, 2.75) is 25.3 Å². The molecule has 0 aliphatic heterocycles. The number of nitro groups is 1. The Balaban J connectivity index is 2.21. The van der Waals surface area contributed by atoms with Crippen LogP contribution in [0.1, 0.15) is 19.8 Å². The molecule has 0 amide bonds. The van der Waals surface area contributed by atoms with Gasteiger partial charge in [0.2, 0.25) is 0 Å². The van der Waals surface area contributed by atoms with Gasteiger partial charge in [-0.1, -0.05) is 11.6 Å². The highest BCUT2D eigenvalue weighted by Crippen LogP contribution is 2.41. The number of rotatable bonds is 5. The first-order valence-electron chi connectivity index (χ1n) is 5.74. The number of halogens is 1. The molecule has 1 aromatic rings. The Bertz CT molecular complexity index is 478. The molecule has 3 N–H and O–H groups in total. The van der Waals surface area contributed by atoms with E-state index >= 15 is 0 Å². The Morgan fingerprint density at radius 3 is 2.83 bits per heavy atom. The third kappa shape index (κ3) is 2.54. The second-order valence-corrected chi connectivity index (χ2v) is 5.21. The molecule has 1 unspecified atom stereocenters. The number of hydrogen-bond acceptors (Lipinski definition) is 5. The lowest BCUT2D eigenvalue weighted by Crippen LogP contribution is -2.45. The maximum absolute atomic E-state index is 10.6. The molecule has 1 fully saturated rings. The van der Waals surface area contributed by atoms with Crippen LogP contribution in [0.3, 0.4) is 0 Å². The van der Waals surface area contributed by atoms with Crippen molar-refractivity contribution in [3.63, 3.8) is 0 Å². The van der Waals surface area contributed by atoms with Gasteiger partial charge in [0, 0.05) is 12.6 Å². The van der Waals surface area contributed by atoms with E-state index in [1.165, 1.54) is 12.3 Å². The van der Waals surface area contributed by atoms with Crippen LogP contribution in [-0.2, 0) is 0 Å². The van der Waals surface area contributed by atoms with Crippen LogP contribution in [0.25, 0.3) is 0 Å². The maximum atomic E-state index is 10.6. The molecule has 98 valence electrons. The summed E-state index contributed by atoms with van der Waals surface area (Å²) in [5.41, 5.74) is 5.41. The van der Waals surface area contributed by atoms with Gasteiger partial charge in [0.25, 0.3) is 5.69 Å². The van der Waals surface area contributed by atoms with E-state index in [4.69, 9.17) is 17.3 Å². The number of hydrogen-bond donors (Lipinski definition) is 2. The van der Waals surface area contributed by atoms with Gasteiger partial charge >= 0.3 is 0 Å². The lowest BCUT2D eigenvalue weighted by molar-refractivity contribution is -0.385. The van der Waals surface area contributed by atoms with Crippen LogP contribution in [0.15, 0.2) is 12.3 Å². The summed E-state index contributed by atoms with van der Waals surface area (Å²) in [7, 11) is 0. The van der Waals surface area contributed by atoms with Crippen LogP contribution in [0.4, 0.5) is 11.5 Å². The van der Waals surface area contributed by atoms with Crippen LogP contribution in [0, 0.1) is 16.0 Å². The quantitative estimate of drug-likeness (QED) is 0.632. The summed E-state index contributed by atoms with van der Waals surface area (Å²) in [6, 6.07) is 1.29. The zero-order valence-electron chi connectivity index (χ0n) is 10.0. The van der Waals surface area contributed by atoms with Crippen LogP contribution >= 0.6 is 11.6 Å². The maximum Gasteiger partial charge on any atom is 0.289 e. The molecule has 1 saturated carbocycles. The fourth-order valence-corrected chi connectivity index (χ4v) is 2.14. The second-order valence-electron chi connectivity index (χ2n) is 4.80. The molecular formula is C11H15ClN4O2. The van der Waals surface area contributed by atoms with E-state index in [2.05, 4.69) is 10.3 Å². The van der Waals surface area contributed by atoms with Crippen molar-refractivity contribution in [2.24, 2.45) is 11.7 Å². The number of pyridine rings is 1. The van der Waals surface area contributed by atoms with Gasteiger partial charge in [-0.2, -0.15) is 0 Å². The first-order valence-corrected chi connectivity index (χ1v) is 6.12. The Kier molecular flexibility index (Phi) is 3.41. The zero-order chi connectivity index (χ0) is 13.3. The molecule has 0 aromatic carbocycles. The summed E-state index contributed by atoms with van der Waals surface area (Å²) in [6.45, 7) is 2.48. The molecule has 0 bridgehead atoms. The molecule has 0 spiro atoms. The smallest absolute Gasteiger partial charge is 0.289 e. The predicted molar refractivity (Wildman–Crippen MR) is 69.7 cm³/mol. The average molecular weight is 271 g/mol. The van der Waals surface area contributed by atoms with Gasteiger partial charge in [-0.25, -0.2) is 4.98 Å². The molecule has 1 heterocycles. The predicted octanol–water partition coefficient (Wildman–Crippen LogP) is 2.18. The Morgan fingerprint density at radius 2 is 2.39 bits per heavy atom. The molecule has 1 aromatic heterocycles. The molecule has 7 heteroatoms. The third-order valence-electron chi connectivity index (χ3n) is 3.34. The van der Waals surface area contributed by atoms with Gasteiger partial charge in [0.1, 0.15) is 12.0 Å². The summed E-state index contributed by atoms with van der Waals surface area (Å²) >= 11 is 5.99. The summed E-state index contributed by atoms with van der Waals surface area (Å²) < 4.78 is 0. The first-order chi connectivity index (χ1) is 8.46. The van der Waals surface area contributed by atoms with Crippen molar-refractivity contribution in [1.29, 1.82) is 0 Å². The molecule has 1 aliphatic rings. The van der Waals surface area contributed by atoms with Crippen molar-refractivity contribution in [2.75, 3.05) is 11.9 Å². The highest BCUT2D eigenvalue weighted by Gasteiger charge is 2.41. The minimum atomic E-state index is -0.522. The van der Waals surface area contributed by atoms with Crippen molar-refractivity contribution in [1.82, 2.24) is 4.98 Å². The fourth-order valence-electron chi connectivity index (χ4n) is 1.93. The number of nitrogens with two attached hydrogens (primary N) is 1. The van der Waals surface area contributed by atoms with E-state index in [1.807, 2.05) is 6.92 Å². The van der Waals surface area contributed by atoms with Crippen molar-refractivity contribution >= 4 is 23.1 Å². The van der Waals surface area contributed by atoms with Gasteiger partial charge in [0.05, 0.1) is 15.5 Å². The number of nitrogens with one attached hydrogen (secondary N) is 1. The average Bonchev–Trinajstić information content (AvgIpc) is 3.15. The number of nitrogens with zero attached hydrogens (tertiary/aromatic N) is 2. The Labute approximate surface area is 110 Å². The van der Waals surface area contributed by atoms with Crippen LogP contribution < -0.4 is 11.1 Å². The van der Waals surface area contributed by atoms with Gasteiger partial charge in [0.15, 0.2) is 0 Å². The largest absolute Gasteiger partial charge is 0.362 e. The summed E-state index contributed by atoms with van der Waals surface area (Å²) in [5.74, 6) is 0.956. The van der Waals surface area contributed by atoms with Crippen molar-refractivity contribution in [3.8, 4) is 0 Å². The monoisotopic (exact) mass is 270 g/mol. The van der Waals surface area contributed by atoms with Gasteiger partial charge in [-0.3, -0.25) is 10.1 Å². The van der Waals surface area contributed by atoms with E-state index in [9.17, 15) is 10.1 Å². The number of aromatic nitrogens is 1. The second kappa shape index (κ2) is 4.70. The van der Waals surface area contributed by atoms with E-state index in [-0.39, 0.29) is 16.2 Å². The van der Waals surface area contributed by atoms with Gasteiger partial charge < -0.3 is 11.1 Å². The van der Waals surface area contributed by atoms with Crippen molar-refractivity contribution in [3.05, 3.63) is 27.4 Å². The SMILES string of the molecule is CC(CN)(Nc1ncc([N+](=O)[O-])cc1Cl)C1CC1. The van der Waals surface area contributed by atoms with Crippen LogP contribution in [0.2, 0.25) is 5.02 Å². The summed E-state index contributed by atoms with van der Waals surface area (Å²) in [5, 5.41) is 14.0. The first kappa shape index (κ1) is 13.0. The summed E-state index contributed by atoms with van der Waals surface area (Å²) in [6.07, 6.45) is 3.45. The van der Waals surface area contributed by atoms with Gasteiger partial charge in [-0.15, -0.1) is 0 Å². The zero-order valence-corrected chi connectivity index (χ0v) is 10.8. The standard InChI is InChI=1S/C11H15ClN4O2/c1-11(6-13,7-2-3-7)15-10-9(12)4-8(5-14-10)16(17)18/h4-5,7H,2-3,6,13H2,1H3,(H,14,15). The lowest BCUT2D eigenvalue weighted by atomic mass is 9.96. The fraction of sp³-hybridized carbons (Fsp3) is 0.545. The molecule has 1 atom stereocenters. The lowest BCUT2D eigenvalue weighted by Gasteiger charge is -2.30. The van der Waals surface area contributed by atoms with E-state index < -0.39 is 4.92 Å². The summed E-state index contributed by atoms with van der Waals surface area (Å²) in [4.78, 5) is 14.1. The van der Waals surface area contributed by atoms with E-state index in [0.717, 1.165) is 12.8 Å². The van der Waals surface area contributed by atoms with Crippen molar-refractivity contribution < 1.29 is 4.92 Å². The van der Waals surface area contributed by atoms with Crippen LogP contribution in [-0.4, -0.2) is 22.0 Å². The molecule has 0 radical (unpaired) electrons. The molecule has 6 nitrogen and oxygen atoms in total. The highest BCUT2D eigenvalue weighted by atomic mass is 35.5. The topological polar surface area (TPSA) is 94.1 Å². The van der Waals surface area contributed by atoms with E-state index in [0.29, 0.717) is 18.3 Å². The number of anilines is 1. The van der Waals surface area contributed by atoms with Gasteiger partial charge in [-0.05, 0) is 25.7 Å². The molecule has 1 aliphatic carbocycles. The molecular weight excluding hydrogens is 256 g/mol. The normalized spacial score (nSPS) is 18.2. The molecule has 0 saturated heterocycles. The minimum absolute atomic E-state index is 0.119. The Hall–Kier alpha value is -1.40. The molecule has 2 rings (SSSR count). The van der Waals surface area contributed by atoms with Crippen LogP contribution in [0.5, 0.6) is 0 Å². The highest BCUT2D eigenvalue weighted by molar-refractivity contribution is 6.33. The van der Waals surface area contributed by atoms with E-state index in [1.54, 1.807) is 0 Å². The molecule has 18 heavy (non-hydrogen) atoms. The Morgan fingerprint density at radius 1 is 1.72 bits per heavy atom. The third-order valence-corrected chi connectivity index (χ3v) is 3.63. The minimum Gasteiger partial charge on any atom is -0.362 e.